The third kappa shape index (κ3) is 3.16. The molecule has 0 aliphatic carbocycles. The lowest BCUT2D eigenvalue weighted by atomic mass is 10.1. The van der Waals surface area contributed by atoms with Gasteiger partial charge in [-0.1, -0.05) is 29.8 Å². The molecule has 0 radical (unpaired) electrons. The molecule has 2 N–H and O–H groups in total. The molecular formula is C19H14ClN3O2S. The number of methoxy groups -OCH3 is 1. The average molecular weight is 384 g/mol. The molecule has 0 fully saturated rings. The van der Waals surface area contributed by atoms with Crippen LogP contribution in [-0.4, -0.2) is 23.0 Å². The summed E-state index contributed by atoms with van der Waals surface area (Å²) in [5.41, 5.74) is 2.91. The van der Waals surface area contributed by atoms with Crippen LogP contribution in [0.5, 0.6) is 5.75 Å². The first-order valence-corrected chi connectivity index (χ1v) is 9.08. The van der Waals surface area contributed by atoms with E-state index in [1.807, 2.05) is 35.7 Å². The minimum absolute atomic E-state index is 0.252. The zero-order valence-corrected chi connectivity index (χ0v) is 15.3. The number of hydrogen-bond donors (Lipinski definition) is 2. The van der Waals surface area contributed by atoms with Gasteiger partial charge in [0.2, 0.25) is 0 Å². The summed E-state index contributed by atoms with van der Waals surface area (Å²) in [7, 11) is 1.62. The van der Waals surface area contributed by atoms with E-state index in [9.17, 15) is 4.79 Å². The van der Waals surface area contributed by atoms with Crippen LogP contribution in [-0.2, 0) is 0 Å². The van der Waals surface area contributed by atoms with Gasteiger partial charge in [0.15, 0.2) is 5.13 Å². The van der Waals surface area contributed by atoms with Gasteiger partial charge in [-0.05, 0) is 30.3 Å². The van der Waals surface area contributed by atoms with E-state index < -0.39 is 0 Å². The van der Waals surface area contributed by atoms with Crippen molar-refractivity contribution in [1.82, 2.24) is 9.97 Å². The van der Waals surface area contributed by atoms with Crippen LogP contribution in [0.3, 0.4) is 0 Å². The SMILES string of the molecule is COc1ccccc1-c1csc(NC(=O)c2cc3ccc(Cl)cc3[nH]2)n1. The first-order valence-electron chi connectivity index (χ1n) is 7.82. The van der Waals surface area contributed by atoms with Crippen LogP contribution in [0.25, 0.3) is 22.2 Å². The highest BCUT2D eigenvalue weighted by Crippen LogP contribution is 2.32. The molecule has 1 amide bonds. The first-order chi connectivity index (χ1) is 12.6. The molecule has 26 heavy (non-hydrogen) atoms. The van der Waals surface area contributed by atoms with E-state index in [1.165, 1.54) is 11.3 Å². The Morgan fingerprint density at radius 1 is 1.23 bits per heavy atom. The number of hydrogen-bond acceptors (Lipinski definition) is 4. The Bertz CT molecular complexity index is 1100. The van der Waals surface area contributed by atoms with Crippen molar-refractivity contribution >= 4 is 44.9 Å². The monoisotopic (exact) mass is 383 g/mol. The van der Waals surface area contributed by atoms with Crippen molar-refractivity contribution < 1.29 is 9.53 Å². The van der Waals surface area contributed by atoms with Gasteiger partial charge in [-0.2, -0.15) is 0 Å². The molecule has 0 spiro atoms. The smallest absolute Gasteiger partial charge is 0.273 e. The average Bonchev–Trinajstić information content (AvgIpc) is 3.28. The van der Waals surface area contributed by atoms with E-state index >= 15 is 0 Å². The summed E-state index contributed by atoms with van der Waals surface area (Å²) in [4.78, 5) is 20.1. The number of anilines is 1. The molecule has 2 aromatic heterocycles. The topological polar surface area (TPSA) is 67.0 Å². The molecule has 0 saturated heterocycles. The maximum absolute atomic E-state index is 12.5. The quantitative estimate of drug-likeness (QED) is 0.508. The van der Waals surface area contributed by atoms with Crippen LogP contribution in [0.1, 0.15) is 10.5 Å². The van der Waals surface area contributed by atoms with Gasteiger partial charge >= 0.3 is 0 Å². The third-order valence-corrected chi connectivity index (χ3v) is 4.93. The van der Waals surface area contributed by atoms with E-state index in [4.69, 9.17) is 16.3 Å². The highest BCUT2D eigenvalue weighted by Gasteiger charge is 2.14. The van der Waals surface area contributed by atoms with Crippen LogP contribution in [0.15, 0.2) is 53.9 Å². The Balaban J connectivity index is 1.57. The van der Waals surface area contributed by atoms with Crippen molar-refractivity contribution in [3.63, 3.8) is 0 Å². The number of amides is 1. The summed E-state index contributed by atoms with van der Waals surface area (Å²) in [5.74, 6) is 0.487. The Kier molecular flexibility index (Phi) is 4.36. The number of halogens is 1. The zero-order valence-electron chi connectivity index (χ0n) is 13.7. The molecule has 2 aromatic carbocycles. The second-order valence-electron chi connectivity index (χ2n) is 5.61. The zero-order chi connectivity index (χ0) is 18.1. The van der Waals surface area contributed by atoms with Gasteiger partial charge in [0, 0.05) is 26.9 Å². The minimum Gasteiger partial charge on any atom is -0.496 e. The van der Waals surface area contributed by atoms with Crippen molar-refractivity contribution in [2.75, 3.05) is 12.4 Å². The maximum atomic E-state index is 12.5. The molecule has 0 saturated carbocycles. The number of aromatic amines is 1. The Morgan fingerprint density at radius 2 is 2.08 bits per heavy atom. The van der Waals surface area contributed by atoms with Gasteiger partial charge in [0.05, 0.1) is 12.8 Å². The lowest BCUT2D eigenvalue weighted by molar-refractivity contribution is 0.102. The van der Waals surface area contributed by atoms with Crippen molar-refractivity contribution in [3.05, 3.63) is 64.6 Å². The largest absolute Gasteiger partial charge is 0.496 e. The molecule has 0 unspecified atom stereocenters. The summed E-state index contributed by atoms with van der Waals surface area (Å²) in [5, 5.41) is 6.78. The highest BCUT2D eigenvalue weighted by atomic mass is 35.5. The number of benzene rings is 2. The van der Waals surface area contributed by atoms with E-state index in [0.29, 0.717) is 15.8 Å². The summed E-state index contributed by atoms with van der Waals surface area (Å²) in [6.45, 7) is 0. The number of fused-ring (bicyclic) bond motifs is 1. The molecule has 0 bridgehead atoms. The third-order valence-electron chi connectivity index (χ3n) is 3.94. The number of carbonyl (C=O) groups is 1. The van der Waals surface area contributed by atoms with E-state index in [0.717, 1.165) is 27.9 Å². The van der Waals surface area contributed by atoms with Gasteiger partial charge in [-0.25, -0.2) is 4.98 Å². The van der Waals surface area contributed by atoms with Crippen LogP contribution in [0, 0.1) is 0 Å². The number of thiazole rings is 1. The van der Waals surface area contributed by atoms with Gasteiger partial charge in [0.25, 0.3) is 5.91 Å². The number of rotatable bonds is 4. The van der Waals surface area contributed by atoms with Gasteiger partial charge in [-0.15, -0.1) is 11.3 Å². The number of H-pyrrole nitrogens is 1. The number of para-hydroxylation sites is 1. The molecular weight excluding hydrogens is 370 g/mol. The predicted octanol–water partition coefficient (Wildman–Crippen LogP) is 5.21. The number of carbonyl (C=O) groups excluding carboxylic acids is 1. The summed E-state index contributed by atoms with van der Waals surface area (Å²) < 4.78 is 5.36. The standard InChI is InChI=1S/C19H14ClN3O2S/c1-25-17-5-3-2-4-13(17)16-10-26-19(22-16)23-18(24)15-8-11-6-7-12(20)9-14(11)21-15/h2-10,21H,1H3,(H,22,23,24). The molecule has 0 atom stereocenters. The van der Waals surface area contributed by atoms with Crippen LogP contribution in [0.2, 0.25) is 5.02 Å². The predicted molar refractivity (Wildman–Crippen MR) is 105 cm³/mol. The lowest BCUT2D eigenvalue weighted by Gasteiger charge is -2.05. The molecule has 2 heterocycles. The number of nitrogens with zero attached hydrogens (tertiary/aromatic N) is 1. The number of ether oxygens (including phenoxy) is 1. The van der Waals surface area contributed by atoms with E-state index in [1.54, 1.807) is 25.3 Å². The molecule has 4 rings (SSSR count). The molecule has 0 aliphatic heterocycles. The molecule has 130 valence electrons. The summed E-state index contributed by atoms with van der Waals surface area (Å²) in [6, 6.07) is 14.9. The van der Waals surface area contributed by atoms with Crippen molar-refractivity contribution in [2.45, 2.75) is 0 Å². The van der Waals surface area contributed by atoms with Crippen molar-refractivity contribution in [2.24, 2.45) is 0 Å². The van der Waals surface area contributed by atoms with Crippen LogP contribution in [0.4, 0.5) is 5.13 Å². The van der Waals surface area contributed by atoms with Crippen LogP contribution >= 0.6 is 22.9 Å². The van der Waals surface area contributed by atoms with E-state index in [2.05, 4.69) is 15.3 Å². The Labute approximate surface area is 158 Å². The number of aromatic nitrogens is 2. The minimum atomic E-state index is -0.252. The second kappa shape index (κ2) is 6.82. The Hall–Kier alpha value is -2.83. The van der Waals surface area contributed by atoms with Gasteiger partial charge in [0.1, 0.15) is 11.4 Å². The normalized spacial score (nSPS) is 10.8. The molecule has 4 aromatic rings. The fraction of sp³-hybridized carbons (Fsp3) is 0.0526. The highest BCUT2D eigenvalue weighted by molar-refractivity contribution is 7.14. The van der Waals surface area contributed by atoms with Gasteiger partial charge < -0.3 is 9.72 Å². The molecule has 7 heteroatoms. The molecule has 5 nitrogen and oxygen atoms in total. The first kappa shape index (κ1) is 16.6. The Morgan fingerprint density at radius 3 is 2.92 bits per heavy atom. The maximum Gasteiger partial charge on any atom is 0.273 e. The summed E-state index contributed by atoms with van der Waals surface area (Å²) in [6.07, 6.45) is 0. The van der Waals surface area contributed by atoms with Crippen molar-refractivity contribution in [1.29, 1.82) is 0 Å². The fourth-order valence-corrected chi connectivity index (χ4v) is 3.57. The molecule has 0 aliphatic rings. The number of nitrogens with one attached hydrogen (secondary N) is 2. The summed E-state index contributed by atoms with van der Waals surface area (Å²) >= 11 is 7.35. The van der Waals surface area contributed by atoms with E-state index in [-0.39, 0.29) is 5.91 Å². The van der Waals surface area contributed by atoms with Crippen molar-refractivity contribution in [3.8, 4) is 17.0 Å². The van der Waals surface area contributed by atoms with Crippen LogP contribution < -0.4 is 10.1 Å². The second-order valence-corrected chi connectivity index (χ2v) is 6.90. The van der Waals surface area contributed by atoms with Gasteiger partial charge in [-0.3, -0.25) is 10.1 Å². The fourth-order valence-electron chi connectivity index (χ4n) is 2.70. The lowest BCUT2D eigenvalue weighted by Crippen LogP contribution is -2.11.